The normalized spacial score (nSPS) is 26.1. The van der Waals surface area contributed by atoms with Gasteiger partial charge in [-0.05, 0) is 122 Å². The molecule has 0 saturated carbocycles. The van der Waals surface area contributed by atoms with Gasteiger partial charge in [-0.3, -0.25) is 34.5 Å². The molecular weight excluding hydrogens is 2900 g/mol. The molecule has 15 atom stereocenters. The van der Waals surface area contributed by atoms with Crippen LogP contribution in [0.15, 0.2) is 73.2 Å². The van der Waals surface area contributed by atoms with Gasteiger partial charge < -0.3 is 84.6 Å². The molecular formula is C48H50Ac6BrCl3I3N3O22. The summed E-state index contributed by atoms with van der Waals surface area (Å²) in [5.41, 5.74) is 1.45. The molecule has 0 aliphatic carbocycles. The first-order valence-corrected chi connectivity index (χ1v) is 28.1. The minimum absolute atomic E-state index is 0. The van der Waals surface area contributed by atoms with Gasteiger partial charge in [-0.2, -0.15) is 0 Å². The quantitative estimate of drug-likeness (QED) is 0.0338. The van der Waals surface area contributed by atoms with Gasteiger partial charge in [0.2, 0.25) is 25.2 Å². The van der Waals surface area contributed by atoms with Gasteiger partial charge in [-0.1, -0.05) is 50.7 Å². The van der Waals surface area contributed by atoms with E-state index in [-0.39, 0.29) is 276 Å². The van der Waals surface area contributed by atoms with Crippen molar-refractivity contribution < 1.29 is 373 Å². The standard InChI is InChI=1S/C16H15ClINO7.C15H15ClINO7.C9H5ClINO.C7H11BrO6.CH4O.6Ac/c1-6(20)24-15-12(22)11(21)13(23)16(26-15)25-14-9(18)5-8(17)7-3-2-4-19-10(7)14;16-7-4-8(17)14(10-6(7)2-1-3-18-10)25-15-13(21)12(20)11(19)9(24-15)5-23-22;10-6-4-7(11)9(13)8-5(6)2-1-3-12-8;1-2(9)13-7-5(12)3(10)4(11)6(8)14-7;1-2;;;;;;/h2-5,11-13,15-16,21-23H,1H3;1-4,9,11-13,15,19-22H,5H2;1-4,13H;3-7,10-12H,1H3;2H,1H3;;;;;;. The van der Waals surface area contributed by atoms with Crippen molar-refractivity contribution in [3.8, 4) is 17.2 Å². The number of phenols is 1. The molecule has 9 rings (SSSR count). The van der Waals surface area contributed by atoms with E-state index >= 15 is 0 Å². The van der Waals surface area contributed by atoms with Gasteiger partial charge in [0.05, 0.1) is 25.8 Å². The van der Waals surface area contributed by atoms with Crippen molar-refractivity contribution in [2.24, 2.45) is 0 Å². The average molecular weight is 2950 g/mol. The number of fused-ring (bicyclic) bond motifs is 3. The molecule has 3 saturated heterocycles. The zero-order chi connectivity index (χ0) is 59.4. The fourth-order valence-electron chi connectivity index (χ4n) is 7.38. The minimum atomic E-state index is -1.64. The van der Waals surface area contributed by atoms with Gasteiger partial charge in [0.25, 0.3) is 0 Å². The average Bonchev–Trinajstić information content (AvgIpc) is 3.61. The number of alkyl halides is 1. The molecule has 86 heavy (non-hydrogen) atoms. The number of carbonyl (C=O) groups is 2. The van der Waals surface area contributed by atoms with Gasteiger partial charge in [0.1, 0.15) is 89.2 Å². The van der Waals surface area contributed by atoms with Crippen LogP contribution >= 0.6 is 119 Å². The van der Waals surface area contributed by atoms with Gasteiger partial charge in [-0.25, -0.2) is 4.89 Å². The minimum Gasteiger partial charge on any atom is -0.505 e. The zero-order valence-electron chi connectivity index (χ0n) is 44.7. The van der Waals surface area contributed by atoms with Crippen LogP contribution in [0.4, 0.5) is 0 Å². The van der Waals surface area contributed by atoms with Crippen LogP contribution in [0.3, 0.4) is 0 Å². The molecule has 12 N–H and O–H groups in total. The van der Waals surface area contributed by atoms with E-state index < -0.39 is 110 Å². The third kappa shape index (κ3) is 25.8. The fourth-order valence-corrected chi connectivity index (χ4v) is 11.2. The summed E-state index contributed by atoms with van der Waals surface area (Å²) >= 11 is 27.3. The first-order chi connectivity index (χ1) is 37.9. The van der Waals surface area contributed by atoms with Crippen molar-refractivity contribution in [3.63, 3.8) is 0 Å². The van der Waals surface area contributed by atoms with Crippen LogP contribution in [0.5, 0.6) is 17.2 Å². The topological polar surface area (TPSA) is 389 Å². The Balaban J connectivity index is 0. The van der Waals surface area contributed by atoms with Crippen LogP contribution in [0, 0.1) is 275 Å². The second-order valence-electron chi connectivity index (χ2n) is 16.7. The fraction of sp³-hybridized carbons (Fsp3) is 0.396. The van der Waals surface area contributed by atoms with Crippen LogP contribution in [-0.4, -0.2) is 193 Å². The van der Waals surface area contributed by atoms with E-state index in [1.807, 2.05) is 73.8 Å². The SMILES string of the molecule is CC(=O)OC1OC(Br)C(O)C(O)C1O.CC(=O)OC1OC(Oc2c(I)cc(Cl)c3cccnc23)C(O)C(O)C1O.CO.OOCC1OC(Oc2c(I)cc(Cl)c3cccnc23)C(O)C(O)C1O.Oc1c(I)cc(Cl)c2cccnc12.[Ac].[Ac].[Ac].[Ac].[Ac].[Ac]. The molecule has 3 aliphatic heterocycles. The van der Waals surface area contributed by atoms with Crippen LogP contribution in [-0.2, 0) is 38.2 Å². The van der Waals surface area contributed by atoms with E-state index in [9.17, 15) is 60.7 Å². The van der Waals surface area contributed by atoms with Crippen molar-refractivity contribution in [1.82, 2.24) is 15.0 Å². The summed E-state index contributed by atoms with van der Waals surface area (Å²) in [6.07, 6.45) is -15.3. The summed E-state index contributed by atoms with van der Waals surface area (Å²) in [4.78, 5) is 38.3. The van der Waals surface area contributed by atoms with Crippen LogP contribution in [0.2, 0.25) is 15.1 Å². The number of aromatic hydroxyl groups is 1. The number of hydrogen-bond donors (Lipinski definition) is 12. The molecule has 0 spiro atoms. The number of aliphatic hydroxyl groups excluding tert-OH is 10. The zero-order valence-corrected chi connectivity index (χ0v) is 83.5. The van der Waals surface area contributed by atoms with Gasteiger partial charge in [0.15, 0.2) is 17.2 Å². The molecule has 6 radical (unpaired) electrons. The van der Waals surface area contributed by atoms with E-state index in [0.29, 0.717) is 58.9 Å². The summed E-state index contributed by atoms with van der Waals surface area (Å²) in [7, 11) is 1.00. The Kier molecular flexibility index (Phi) is 50.5. The number of rotatable bonds is 8. The van der Waals surface area contributed by atoms with E-state index in [0.717, 1.165) is 26.3 Å². The van der Waals surface area contributed by atoms with Gasteiger partial charge >= 0.3 is 11.9 Å². The maximum atomic E-state index is 11.2. The van der Waals surface area contributed by atoms with Crippen LogP contribution in [0.25, 0.3) is 32.7 Å². The van der Waals surface area contributed by atoms with Gasteiger partial charge in [0, 0.05) is 320 Å². The number of aromatic nitrogens is 3. The molecule has 3 aliphatic rings. The number of aliphatic hydroxyl groups is 10. The first kappa shape index (κ1) is 93.9. The number of ether oxygens (including phenoxy) is 7. The first-order valence-electron chi connectivity index (χ1n) is 22.9. The Hall–Kier alpha value is 5.82. The molecule has 0 amide bonds. The maximum absolute atomic E-state index is 11.2. The Morgan fingerprint density at radius 2 is 0.860 bits per heavy atom. The number of phenolic OH excluding ortho intramolecular Hbond substituents is 1. The monoisotopic (exact) mass is 2950 g/mol. The second kappa shape index (κ2) is 46.3. The molecule has 456 valence electrons. The molecule has 6 heterocycles. The number of halogens is 7. The number of benzene rings is 3. The van der Waals surface area contributed by atoms with Crippen molar-refractivity contribution >= 4 is 163 Å². The Morgan fingerprint density at radius 3 is 1.27 bits per heavy atom. The smallest absolute Gasteiger partial charge is 0.305 e. The van der Waals surface area contributed by atoms with Crippen molar-refractivity contribution in [1.29, 1.82) is 0 Å². The molecule has 38 heteroatoms. The molecule has 3 fully saturated rings. The van der Waals surface area contributed by atoms with Crippen molar-refractivity contribution in [2.45, 2.75) is 105 Å². The van der Waals surface area contributed by atoms with Crippen LogP contribution < -0.4 is 9.47 Å². The molecule has 15 unspecified atom stereocenters. The third-order valence-corrected chi connectivity index (χ3v) is 15.4. The number of hydrogen-bond acceptors (Lipinski definition) is 25. The Bertz CT molecular complexity index is 3100. The van der Waals surface area contributed by atoms with E-state index in [1.165, 1.54) is 0 Å². The summed E-state index contributed by atoms with van der Waals surface area (Å²) in [5.74, 6) is -0.570. The predicted molar refractivity (Wildman–Crippen MR) is 311 cm³/mol. The van der Waals surface area contributed by atoms with Crippen LogP contribution in [0.1, 0.15) is 13.8 Å². The summed E-state index contributed by atoms with van der Waals surface area (Å²) < 4.78 is 38.5. The summed E-state index contributed by atoms with van der Waals surface area (Å²) in [6, 6.07) is 15.7. The Labute approximate surface area is 770 Å². The van der Waals surface area contributed by atoms with E-state index in [1.54, 1.807) is 67.1 Å². The second-order valence-corrected chi connectivity index (χ2v) is 22.3. The van der Waals surface area contributed by atoms with E-state index in [2.05, 4.69) is 40.5 Å². The van der Waals surface area contributed by atoms with Crippen molar-refractivity contribution in [2.75, 3.05) is 13.7 Å². The predicted octanol–water partition coefficient (Wildman–Crippen LogP) is 3.89. The van der Waals surface area contributed by atoms with Crippen molar-refractivity contribution in [3.05, 3.63) is 99.0 Å². The number of esters is 2. The number of pyridine rings is 3. The largest absolute Gasteiger partial charge is 0.505 e. The number of nitrogens with zero attached hydrogens (tertiary/aromatic N) is 3. The number of carbonyl (C=O) groups excluding carboxylic acids is 2. The molecule has 0 bridgehead atoms. The summed E-state index contributed by atoms with van der Waals surface area (Å²) in [6.45, 7) is 1.88. The molecule has 25 nitrogen and oxygen atoms in total. The molecule has 3 aromatic carbocycles. The van der Waals surface area contributed by atoms with Gasteiger partial charge in [-0.15, -0.1) is 0 Å². The molecule has 6 aromatic rings. The maximum Gasteiger partial charge on any atom is 0.305 e. The third-order valence-electron chi connectivity index (χ3n) is 11.2. The molecule has 3 aromatic heterocycles. The van der Waals surface area contributed by atoms with E-state index in [4.69, 9.17) is 73.6 Å². The Morgan fingerprint density at radius 1 is 0.523 bits per heavy atom. The summed E-state index contributed by atoms with van der Waals surface area (Å²) in [5, 5.41) is 116.